The van der Waals surface area contributed by atoms with E-state index in [1.54, 1.807) is 18.2 Å². The number of carbonyl (C=O) groups is 3. The molecule has 130 valence electrons. The fourth-order valence-corrected chi connectivity index (χ4v) is 2.19. The first-order chi connectivity index (χ1) is 11.9. The van der Waals surface area contributed by atoms with Gasteiger partial charge in [0.1, 0.15) is 11.6 Å². The van der Waals surface area contributed by atoms with Gasteiger partial charge in [-0.25, -0.2) is 4.39 Å². The maximum absolute atomic E-state index is 13.5. The summed E-state index contributed by atoms with van der Waals surface area (Å²) in [6.07, 6.45) is -0.123. The van der Waals surface area contributed by atoms with Crippen molar-refractivity contribution in [3.05, 3.63) is 65.0 Å². The third-order valence-corrected chi connectivity index (χ3v) is 3.47. The minimum Gasteiger partial charge on any atom is -0.496 e. The van der Waals surface area contributed by atoms with Crippen LogP contribution < -0.4 is 15.6 Å². The van der Waals surface area contributed by atoms with Gasteiger partial charge in [-0.1, -0.05) is 12.1 Å². The van der Waals surface area contributed by atoms with Gasteiger partial charge in [-0.2, -0.15) is 0 Å². The van der Waals surface area contributed by atoms with Gasteiger partial charge in [0.05, 0.1) is 19.1 Å². The molecule has 0 saturated heterocycles. The Morgan fingerprint density at radius 2 is 1.80 bits per heavy atom. The van der Waals surface area contributed by atoms with Crippen molar-refractivity contribution in [2.24, 2.45) is 0 Å². The quantitative estimate of drug-likeness (QED) is 0.642. The number of ketones is 1. The first-order valence-corrected chi connectivity index (χ1v) is 7.44. The van der Waals surface area contributed by atoms with Gasteiger partial charge >= 0.3 is 0 Å². The molecule has 0 saturated carbocycles. The van der Waals surface area contributed by atoms with Gasteiger partial charge in [0.2, 0.25) is 5.91 Å². The summed E-state index contributed by atoms with van der Waals surface area (Å²) in [5, 5.41) is 0. The van der Waals surface area contributed by atoms with Crippen molar-refractivity contribution < 1.29 is 23.5 Å². The molecule has 0 aromatic heterocycles. The number of hydrogen-bond acceptors (Lipinski definition) is 4. The Morgan fingerprint density at radius 3 is 2.44 bits per heavy atom. The van der Waals surface area contributed by atoms with E-state index in [0.29, 0.717) is 16.9 Å². The van der Waals surface area contributed by atoms with Crippen molar-refractivity contribution in [1.82, 2.24) is 10.9 Å². The average molecular weight is 344 g/mol. The summed E-state index contributed by atoms with van der Waals surface area (Å²) < 4.78 is 18.7. The highest BCUT2D eigenvalue weighted by molar-refractivity contribution is 5.96. The molecule has 0 aliphatic carbocycles. The number of halogens is 1. The van der Waals surface area contributed by atoms with Crippen LogP contribution in [-0.4, -0.2) is 24.7 Å². The fraction of sp³-hybridized carbons (Fsp3) is 0.167. The van der Waals surface area contributed by atoms with Crippen molar-refractivity contribution in [3.63, 3.8) is 0 Å². The molecule has 2 rings (SSSR count). The standard InChI is InChI=1S/C18H17FN2O4/c1-11(22)12-7-8-16(25-2)13(9-12)10-17(23)20-21-18(24)14-5-3-4-6-15(14)19/h3-9H,10H2,1-2H3,(H,20,23)(H,21,24). The number of carbonyl (C=O) groups excluding carboxylic acids is 3. The lowest BCUT2D eigenvalue weighted by Crippen LogP contribution is -2.42. The van der Waals surface area contributed by atoms with Gasteiger partial charge in [0.15, 0.2) is 5.78 Å². The Morgan fingerprint density at radius 1 is 1.08 bits per heavy atom. The number of hydrogen-bond donors (Lipinski definition) is 2. The number of benzene rings is 2. The van der Waals surface area contributed by atoms with Gasteiger partial charge in [-0.05, 0) is 37.3 Å². The molecule has 2 aromatic carbocycles. The van der Waals surface area contributed by atoms with Gasteiger partial charge in [-0.15, -0.1) is 0 Å². The number of amides is 2. The average Bonchev–Trinajstić information content (AvgIpc) is 2.60. The van der Waals surface area contributed by atoms with Gasteiger partial charge in [0.25, 0.3) is 5.91 Å². The number of methoxy groups -OCH3 is 1. The van der Waals surface area contributed by atoms with E-state index in [-0.39, 0.29) is 17.8 Å². The second-order valence-corrected chi connectivity index (χ2v) is 5.24. The smallest absolute Gasteiger partial charge is 0.272 e. The summed E-state index contributed by atoms with van der Waals surface area (Å²) in [5.41, 5.74) is 5.11. The predicted octanol–water partition coefficient (Wildman–Crippen LogP) is 2.04. The maximum Gasteiger partial charge on any atom is 0.272 e. The van der Waals surface area contributed by atoms with Crippen molar-refractivity contribution in [2.75, 3.05) is 7.11 Å². The number of rotatable bonds is 5. The topological polar surface area (TPSA) is 84.5 Å². The second kappa shape index (κ2) is 8.05. The molecule has 0 radical (unpaired) electrons. The molecule has 0 atom stereocenters. The van der Waals surface area contributed by atoms with Crippen molar-refractivity contribution in [3.8, 4) is 5.75 Å². The molecule has 25 heavy (non-hydrogen) atoms. The lowest BCUT2D eigenvalue weighted by atomic mass is 10.0. The summed E-state index contributed by atoms with van der Waals surface area (Å²) in [4.78, 5) is 35.3. The molecule has 0 aliphatic heterocycles. The molecule has 2 amide bonds. The Kier molecular flexibility index (Phi) is 5.84. The van der Waals surface area contributed by atoms with Crippen LogP contribution in [-0.2, 0) is 11.2 Å². The van der Waals surface area contributed by atoms with E-state index in [1.807, 2.05) is 0 Å². The summed E-state index contributed by atoms with van der Waals surface area (Å²) in [5.74, 6) is -1.69. The molecule has 2 aromatic rings. The van der Waals surface area contributed by atoms with E-state index in [9.17, 15) is 18.8 Å². The minimum absolute atomic E-state index is 0.123. The SMILES string of the molecule is COc1ccc(C(C)=O)cc1CC(=O)NNC(=O)c1ccccc1F. The summed E-state index contributed by atoms with van der Waals surface area (Å²) in [6.45, 7) is 1.42. The zero-order valence-corrected chi connectivity index (χ0v) is 13.8. The molecule has 6 nitrogen and oxygen atoms in total. The van der Waals surface area contributed by atoms with E-state index in [2.05, 4.69) is 10.9 Å². The summed E-state index contributed by atoms with van der Waals surface area (Å²) in [7, 11) is 1.45. The van der Waals surface area contributed by atoms with E-state index in [4.69, 9.17) is 4.74 Å². The lowest BCUT2D eigenvalue weighted by Gasteiger charge is -2.11. The van der Waals surface area contributed by atoms with Gasteiger partial charge < -0.3 is 4.74 Å². The van der Waals surface area contributed by atoms with E-state index in [0.717, 1.165) is 6.07 Å². The Hall–Kier alpha value is -3.22. The molecule has 0 unspecified atom stereocenters. The Labute approximate surface area is 144 Å². The number of ether oxygens (including phenoxy) is 1. The molecule has 0 aliphatic rings. The van der Waals surface area contributed by atoms with Crippen LogP contribution in [0.4, 0.5) is 4.39 Å². The van der Waals surface area contributed by atoms with Gasteiger partial charge in [0, 0.05) is 11.1 Å². The van der Waals surface area contributed by atoms with Crippen LogP contribution in [0.15, 0.2) is 42.5 Å². The molecule has 0 heterocycles. The van der Waals surface area contributed by atoms with Crippen molar-refractivity contribution in [1.29, 1.82) is 0 Å². The third-order valence-electron chi connectivity index (χ3n) is 3.47. The van der Waals surface area contributed by atoms with E-state index < -0.39 is 17.6 Å². The monoisotopic (exact) mass is 344 g/mol. The van der Waals surface area contributed by atoms with E-state index >= 15 is 0 Å². The van der Waals surface area contributed by atoms with Crippen LogP contribution in [0.2, 0.25) is 0 Å². The van der Waals surface area contributed by atoms with Crippen LogP contribution in [0.25, 0.3) is 0 Å². The number of hydrazine groups is 1. The van der Waals surface area contributed by atoms with Crippen LogP contribution in [0.1, 0.15) is 33.2 Å². The predicted molar refractivity (Wildman–Crippen MR) is 88.7 cm³/mol. The highest BCUT2D eigenvalue weighted by Crippen LogP contribution is 2.20. The van der Waals surface area contributed by atoms with E-state index in [1.165, 1.54) is 32.2 Å². The molecule has 0 bridgehead atoms. The van der Waals surface area contributed by atoms with Gasteiger partial charge in [-0.3, -0.25) is 25.2 Å². The number of Topliss-reactive ketones (excluding diaryl/α,β-unsaturated/α-hetero) is 1. The number of nitrogens with one attached hydrogen (secondary N) is 2. The third kappa shape index (κ3) is 4.63. The van der Waals surface area contributed by atoms with Crippen molar-refractivity contribution >= 4 is 17.6 Å². The molecule has 7 heteroatoms. The summed E-state index contributed by atoms with van der Waals surface area (Å²) >= 11 is 0. The zero-order valence-electron chi connectivity index (χ0n) is 13.8. The molecule has 0 spiro atoms. The zero-order chi connectivity index (χ0) is 18.4. The van der Waals surface area contributed by atoms with Crippen LogP contribution in [0.5, 0.6) is 5.75 Å². The summed E-state index contributed by atoms with van der Waals surface area (Å²) in [6, 6.07) is 10.2. The Bertz CT molecular complexity index is 820. The first-order valence-electron chi connectivity index (χ1n) is 7.44. The second-order valence-electron chi connectivity index (χ2n) is 5.24. The van der Waals surface area contributed by atoms with Crippen LogP contribution in [0, 0.1) is 5.82 Å². The van der Waals surface area contributed by atoms with Crippen LogP contribution >= 0.6 is 0 Å². The minimum atomic E-state index is -0.768. The Balaban J connectivity index is 2.03. The largest absolute Gasteiger partial charge is 0.496 e. The fourth-order valence-electron chi connectivity index (χ4n) is 2.19. The van der Waals surface area contributed by atoms with Crippen LogP contribution in [0.3, 0.4) is 0 Å². The normalized spacial score (nSPS) is 10.0. The maximum atomic E-state index is 13.5. The highest BCUT2D eigenvalue weighted by atomic mass is 19.1. The first kappa shape index (κ1) is 18.1. The van der Waals surface area contributed by atoms with Crippen molar-refractivity contribution in [2.45, 2.75) is 13.3 Å². The lowest BCUT2D eigenvalue weighted by molar-refractivity contribution is -0.121. The molecule has 0 fully saturated rings. The highest BCUT2D eigenvalue weighted by Gasteiger charge is 2.14. The molecular formula is C18H17FN2O4. The molecular weight excluding hydrogens is 327 g/mol. The molecule has 2 N–H and O–H groups in total.